The minimum Gasteiger partial charge on any atom is -0.446 e. The van der Waals surface area contributed by atoms with Crippen LogP contribution in [0.5, 0.6) is 11.5 Å². The van der Waals surface area contributed by atoms with Gasteiger partial charge < -0.3 is 10.5 Å². The van der Waals surface area contributed by atoms with Gasteiger partial charge in [0, 0.05) is 6.07 Å². The fourth-order valence-electron chi connectivity index (χ4n) is 1.65. The predicted octanol–water partition coefficient (Wildman–Crippen LogP) is 2.95. The number of hydrogen-bond acceptors (Lipinski definition) is 4. The van der Waals surface area contributed by atoms with Crippen molar-refractivity contribution >= 4 is 11.5 Å². The molecule has 2 rings (SSSR count). The molecule has 21 heavy (non-hydrogen) atoms. The Morgan fingerprint density at radius 3 is 2.62 bits per heavy atom. The van der Waals surface area contributed by atoms with Crippen LogP contribution in [0.4, 0.5) is 14.5 Å². The summed E-state index contributed by atoms with van der Waals surface area (Å²) in [4.78, 5) is 10.1. The summed E-state index contributed by atoms with van der Waals surface area (Å²) in [5.41, 5.74) is 4.56. The van der Waals surface area contributed by atoms with E-state index in [4.69, 9.17) is 15.9 Å². The van der Waals surface area contributed by atoms with Gasteiger partial charge in [0.2, 0.25) is 5.75 Å². The van der Waals surface area contributed by atoms with Crippen molar-refractivity contribution in [2.24, 2.45) is 5.73 Å². The number of para-hydroxylation sites is 1. The Hall–Kier alpha value is -3.03. The standard InChI is InChI=1S/C13H9F2N3O3/c14-7-4-5-11(8(6-7)13(16)17)21-12-9(15)2-1-3-10(12)18(19)20/h1-6H,(H3,16,17). The highest BCUT2D eigenvalue weighted by Gasteiger charge is 2.21. The normalized spacial score (nSPS) is 10.2. The molecule has 108 valence electrons. The molecule has 0 spiro atoms. The van der Waals surface area contributed by atoms with Crippen LogP contribution in [0.3, 0.4) is 0 Å². The summed E-state index contributed by atoms with van der Waals surface area (Å²) in [6, 6.07) is 6.26. The highest BCUT2D eigenvalue weighted by Crippen LogP contribution is 2.35. The van der Waals surface area contributed by atoms with Crippen molar-refractivity contribution in [2.45, 2.75) is 0 Å². The summed E-state index contributed by atoms with van der Waals surface area (Å²) in [5, 5.41) is 18.2. The van der Waals surface area contributed by atoms with Gasteiger partial charge in [-0.15, -0.1) is 0 Å². The average molecular weight is 293 g/mol. The van der Waals surface area contributed by atoms with Crippen LogP contribution in [0.25, 0.3) is 0 Å². The number of benzene rings is 2. The monoisotopic (exact) mass is 293 g/mol. The van der Waals surface area contributed by atoms with Crippen LogP contribution >= 0.6 is 0 Å². The van der Waals surface area contributed by atoms with Crippen molar-refractivity contribution in [1.29, 1.82) is 5.41 Å². The molecule has 8 heteroatoms. The SMILES string of the molecule is N=C(N)c1cc(F)ccc1Oc1c(F)cccc1[N+](=O)[O-]. The molecule has 0 aliphatic heterocycles. The van der Waals surface area contributed by atoms with E-state index < -0.39 is 33.8 Å². The molecule has 0 aliphatic rings. The fraction of sp³-hybridized carbons (Fsp3) is 0. The first-order valence-electron chi connectivity index (χ1n) is 5.65. The quantitative estimate of drug-likeness (QED) is 0.391. The summed E-state index contributed by atoms with van der Waals surface area (Å²) in [7, 11) is 0. The van der Waals surface area contributed by atoms with Gasteiger partial charge in [0.15, 0.2) is 5.82 Å². The van der Waals surface area contributed by atoms with E-state index >= 15 is 0 Å². The molecule has 0 bridgehead atoms. The number of nitrogens with two attached hydrogens (primary N) is 1. The summed E-state index contributed by atoms with van der Waals surface area (Å²) in [6.45, 7) is 0. The number of hydrogen-bond donors (Lipinski definition) is 2. The third kappa shape index (κ3) is 2.94. The van der Waals surface area contributed by atoms with Crippen molar-refractivity contribution in [1.82, 2.24) is 0 Å². The number of ether oxygens (including phenoxy) is 1. The zero-order chi connectivity index (χ0) is 15.6. The maximum atomic E-state index is 13.7. The van der Waals surface area contributed by atoms with Gasteiger partial charge in [-0.05, 0) is 24.3 Å². The van der Waals surface area contributed by atoms with Gasteiger partial charge in [0.05, 0.1) is 10.5 Å². The second-order valence-corrected chi connectivity index (χ2v) is 4.00. The largest absolute Gasteiger partial charge is 0.446 e. The van der Waals surface area contributed by atoms with Gasteiger partial charge in [-0.25, -0.2) is 8.78 Å². The summed E-state index contributed by atoms with van der Waals surface area (Å²) in [5.74, 6) is -2.92. The first kappa shape index (κ1) is 14.4. The van der Waals surface area contributed by atoms with Crippen LogP contribution in [0, 0.1) is 27.2 Å². The minimum absolute atomic E-state index is 0.132. The molecule has 3 N–H and O–H groups in total. The van der Waals surface area contributed by atoms with Gasteiger partial charge in [0.1, 0.15) is 17.4 Å². The Morgan fingerprint density at radius 1 is 1.29 bits per heavy atom. The van der Waals surface area contributed by atoms with Crippen LogP contribution in [0.2, 0.25) is 0 Å². The number of nitrogens with one attached hydrogen (secondary N) is 1. The first-order chi connectivity index (χ1) is 9.90. The molecule has 0 heterocycles. The van der Waals surface area contributed by atoms with Crippen molar-refractivity contribution in [2.75, 3.05) is 0 Å². The van der Waals surface area contributed by atoms with E-state index in [1.165, 1.54) is 0 Å². The topological polar surface area (TPSA) is 102 Å². The number of nitro benzene ring substituents is 1. The molecule has 2 aromatic rings. The zero-order valence-corrected chi connectivity index (χ0v) is 10.5. The molecular weight excluding hydrogens is 284 g/mol. The van der Waals surface area contributed by atoms with E-state index in [2.05, 4.69) is 0 Å². The lowest BCUT2D eigenvalue weighted by Crippen LogP contribution is -2.13. The molecule has 0 amide bonds. The van der Waals surface area contributed by atoms with Crippen LogP contribution in [0.1, 0.15) is 5.56 Å². The van der Waals surface area contributed by atoms with E-state index in [1.807, 2.05) is 0 Å². The van der Waals surface area contributed by atoms with Crippen LogP contribution in [-0.4, -0.2) is 10.8 Å². The Bertz CT molecular complexity index is 735. The van der Waals surface area contributed by atoms with Gasteiger partial charge >= 0.3 is 5.69 Å². The highest BCUT2D eigenvalue weighted by molar-refractivity contribution is 5.97. The number of rotatable bonds is 4. The number of nitro groups is 1. The molecule has 0 atom stereocenters. The smallest absolute Gasteiger partial charge is 0.314 e. The molecule has 0 aromatic heterocycles. The van der Waals surface area contributed by atoms with Gasteiger partial charge in [-0.1, -0.05) is 6.07 Å². The molecule has 0 saturated carbocycles. The van der Waals surface area contributed by atoms with Gasteiger partial charge in [-0.3, -0.25) is 15.5 Å². The molecule has 0 fully saturated rings. The molecule has 2 aromatic carbocycles. The van der Waals surface area contributed by atoms with Crippen molar-refractivity contribution < 1.29 is 18.4 Å². The predicted molar refractivity (Wildman–Crippen MR) is 70.5 cm³/mol. The van der Waals surface area contributed by atoms with Crippen LogP contribution in [-0.2, 0) is 0 Å². The summed E-state index contributed by atoms with van der Waals surface area (Å²) < 4.78 is 32.0. The average Bonchev–Trinajstić information content (AvgIpc) is 2.42. The minimum atomic E-state index is -0.956. The molecule has 0 aliphatic carbocycles. The summed E-state index contributed by atoms with van der Waals surface area (Å²) >= 11 is 0. The second kappa shape index (κ2) is 5.53. The molecular formula is C13H9F2N3O3. The number of nitrogens with zero attached hydrogens (tertiary/aromatic N) is 1. The molecule has 0 saturated heterocycles. The van der Waals surface area contributed by atoms with Crippen molar-refractivity contribution in [3.05, 3.63) is 63.7 Å². The Balaban J connectivity index is 2.53. The van der Waals surface area contributed by atoms with Crippen molar-refractivity contribution in [3.63, 3.8) is 0 Å². The maximum absolute atomic E-state index is 13.7. The van der Waals surface area contributed by atoms with E-state index in [1.54, 1.807) is 0 Å². The third-order valence-corrected chi connectivity index (χ3v) is 2.59. The van der Waals surface area contributed by atoms with E-state index in [0.29, 0.717) is 0 Å². The molecule has 6 nitrogen and oxygen atoms in total. The molecule has 0 unspecified atom stereocenters. The number of nitrogen functional groups attached to an aromatic ring is 1. The zero-order valence-electron chi connectivity index (χ0n) is 10.5. The number of halogens is 2. The lowest BCUT2D eigenvalue weighted by atomic mass is 10.1. The Labute approximate surface area is 117 Å². The maximum Gasteiger partial charge on any atom is 0.314 e. The van der Waals surface area contributed by atoms with Gasteiger partial charge in [0.25, 0.3) is 0 Å². The Kier molecular flexibility index (Phi) is 3.79. The van der Waals surface area contributed by atoms with E-state index in [0.717, 1.165) is 36.4 Å². The second-order valence-electron chi connectivity index (χ2n) is 4.00. The van der Waals surface area contributed by atoms with Crippen LogP contribution < -0.4 is 10.5 Å². The lowest BCUT2D eigenvalue weighted by Gasteiger charge is -2.11. The van der Waals surface area contributed by atoms with E-state index in [-0.39, 0.29) is 11.3 Å². The molecule has 0 radical (unpaired) electrons. The lowest BCUT2D eigenvalue weighted by molar-refractivity contribution is -0.385. The Morgan fingerprint density at radius 2 is 2.00 bits per heavy atom. The highest BCUT2D eigenvalue weighted by atomic mass is 19.1. The van der Waals surface area contributed by atoms with Crippen molar-refractivity contribution in [3.8, 4) is 11.5 Å². The third-order valence-electron chi connectivity index (χ3n) is 2.59. The van der Waals surface area contributed by atoms with Crippen LogP contribution in [0.15, 0.2) is 36.4 Å². The number of amidine groups is 1. The first-order valence-corrected chi connectivity index (χ1v) is 5.65. The summed E-state index contributed by atoms with van der Waals surface area (Å²) in [6.07, 6.45) is 0. The van der Waals surface area contributed by atoms with E-state index in [9.17, 15) is 18.9 Å². The van der Waals surface area contributed by atoms with Gasteiger partial charge in [-0.2, -0.15) is 0 Å². The fourth-order valence-corrected chi connectivity index (χ4v) is 1.65.